The second kappa shape index (κ2) is 5.08. The predicted octanol–water partition coefficient (Wildman–Crippen LogP) is 0.295. The fourth-order valence-electron chi connectivity index (χ4n) is 1.20. The van der Waals surface area contributed by atoms with Crippen LogP contribution in [-0.2, 0) is 10.0 Å². The normalized spacial score (nSPS) is 11.7. The third kappa shape index (κ3) is 2.54. The van der Waals surface area contributed by atoms with Crippen molar-refractivity contribution in [1.82, 2.24) is 0 Å². The van der Waals surface area contributed by atoms with Gasteiger partial charge in [0.15, 0.2) is 28.2 Å². The van der Waals surface area contributed by atoms with E-state index in [2.05, 4.69) is 5.14 Å². The lowest BCUT2D eigenvalue weighted by atomic mass is 10.2. The van der Waals surface area contributed by atoms with Gasteiger partial charge in [-0.15, -0.1) is 0 Å². The van der Waals surface area contributed by atoms with Gasteiger partial charge in [0.05, 0.1) is 6.61 Å². The smallest absolute Gasteiger partial charge is 0.244 e. The van der Waals surface area contributed by atoms with Crippen LogP contribution in [0.3, 0.4) is 0 Å². The minimum Gasteiger partial charge on any atom is -0.395 e. The van der Waals surface area contributed by atoms with E-state index in [-0.39, 0.29) is 6.54 Å². The van der Waals surface area contributed by atoms with Gasteiger partial charge in [0.2, 0.25) is 10.0 Å². The van der Waals surface area contributed by atoms with Gasteiger partial charge in [-0.25, -0.2) is 31.1 Å². The Morgan fingerprint density at radius 2 is 1.50 bits per heavy atom. The van der Waals surface area contributed by atoms with Crippen molar-refractivity contribution >= 4 is 15.7 Å². The maximum absolute atomic E-state index is 13.3. The number of halogens is 4. The van der Waals surface area contributed by atoms with Gasteiger partial charge < -0.3 is 10.4 Å². The lowest BCUT2D eigenvalue weighted by Gasteiger charge is -2.11. The molecule has 0 unspecified atom stereocenters. The molecule has 4 N–H and O–H groups in total. The highest BCUT2D eigenvalue weighted by atomic mass is 32.2. The number of benzene rings is 1. The maximum Gasteiger partial charge on any atom is 0.244 e. The number of hydrogen-bond donors (Lipinski definition) is 3. The van der Waals surface area contributed by atoms with E-state index < -0.39 is 50.5 Å². The molecule has 0 saturated heterocycles. The molecule has 0 aliphatic carbocycles. The number of hydrogen-bond acceptors (Lipinski definition) is 4. The molecule has 0 saturated carbocycles. The summed E-state index contributed by atoms with van der Waals surface area (Å²) in [5, 5.41) is 14.7. The second-order valence-corrected chi connectivity index (χ2v) is 4.65. The van der Waals surface area contributed by atoms with E-state index in [1.807, 2.05) is 5.32 Å². The second-order valence-electron chi connectivity index (χ2n) is 3.16. The van der Waals surface area contributed by atoms with Crippen LogP contribution in [0.4, 0.5) is 23.2 Å². The third-order valence-electron chi connectivity index (χ3n) is 1.92. The van der Waals surface area contributed by atoms with Gasteiger partial charge in [0.1, 0.15) is 5.69 Å². The molecule has 0 heterocycles. The number of primary sulfonamides is 1. The number of aliphatic hydroxyl groups excluding tert-OH is 1. The summed E-state index contributed by atoms with van der Waals surface area (Å²) in [6.07, 6.45) is 0. The van der Waals surface area contributed by atoms with Crippen LogP contribution in [0.5, 0.6) is 0 Å². The van der Waals surface area contributed by atoms with Crippen LogP contribution in [0, 0.1) is 23.3 Å². The van der Waals surface area contributed by atoms with Crippen LogP contribution in [0.1, 0.15) is 0 Å². The fraction of sp³-hybridized carbons (Fsp3) is 0.250. The first-order chi connectivity index (χ1) is 8.21. The first-order valence-electron chi connectivity index (χ1n) is 4.45. The molecule has 0 spiro atoms. The van der Waals surface area contributed by atoms with Crippen molar-refractivity contribution in [2.45, 2.75) is 4.90 Å². The maximum atomic E-state index is 13.3. The van der Waals surface area contributed by atoms with E-state index in [4.69, 9.17) is 5.11 Å². The molecule has 0 fully saturated rings. The van der Waals surface area contributed by atoms with E-state index in [0.717, 1.165) is 0 Å². The Balaban J connectivity index is 3.56. The van der Waals surface area contributed by atoms with E-state index >= 15 is 0 Å². The summed E-state index contributed by atoms with van der Waals surface area (Å²) in [7, 11) is -4.95. The van der Waals surface area contributed by atoms with Gasteiger partial charge in [-0.3, -0.25) is 0 Å². The van der Waals surface area contributed by atoms with E-state index in [1.54, 1.807) is 0 Å². The molecule has 1 rings (SSSR count). The number of rotatable bonds is 4. The number of aliphatic hydroxyl groups is 1. The molecule has 0 aromatic heterocycles. The van der Waals surface area contributed by atoms with E-state index in [1.165, 1.54) is 0 Å². The summed E-state index contributed by atoms with van der Waals surface area (Å²) in [5.41, 5.74) is -1.22. The number of nitrogens with one attached hydrogen (secondary N) is 1. The molecule has 1 aromatic carbocycles. The van der Waals surface area contributed by atoms with Gasteiger partial charge in [-0.2, -0.15) is 0 Å². The molecule has 102 valence electrons. The van der Waals surface area contributed by atoms with Gasteiger partial charge in [-0.1, -0.05) is 0 Å². The van der Waals surface area contributed by atoms with Crippen LogP contribution >= 0.6 is 0 Å². The Bertz CT molecular complexity index is 547. The minimum atomic E-state index is -4.95. The molecule has 0 aliphatic heterocycles. The molecule has 0 atom stereocenters. The average Bonchev–Trinajstić information content (AvgIpc) is 2.25. The number of anilines is 1. The molecule has 0 aliphatic rings. The van der Waals surface area contributed by atoms with Crippen molar-refractivity contribution in [3.63, 3.8) is 0 Å². The summed E-state index contributed by atoms with van der Waals surface area (Å²) in [5.74, 6) is -8.13. The SMILES string of the molecule is NS(=O)(=O)c1c(F)c(F)c(NCCO)c(F)c1F. The minimum absolute atomic E-state index is 0.387. The Hall–Kier alpha value is -1.39. The first kappa shape index (κ1) is 14.7. The average molecular weight is 288 g/mol. The molecular formula is C8H8F4N2O3S. The zero-order chi connectivity index (χ0) is 14.1. The van der Waals surface area contributed by atoms with Gasteiger partial charge in [-0.05, 0) is 0 Å². The lowest BCUT2D eigenvalue weighted by Crippen LogP contribution is -2.20. The number of nitrogens with two attached hydrogens (primary N) is 1. The van der Waals surface area contributed by atoms with Crippen LogP contribution in [0.2, 0.25) is 0 Å². The van der Waals surface area contributed by atoms with Crippen molar-refractivity contribution in [3.05, 3.63) is 23.3 Å². The van der Waals surface area contributed by atoms with Crippen molar-refractivity contribution < 1.29 is 31.1 Å². The fourth-order valence-corrected chi connectivity index (χ4v) is 1.88. The number of sulfonamides is 1. The highest BCUT2D eigenvalue weighted by Crippen LogP contribution is 2.30. The van der Waals surface area contributed by atoms with Crippen molar-refractivity contribution in [2.75, 3.05) is 18.5 Å². The highest BCUT2D eigenvalue weighted by Gasteiger charge is 2.31. The standard InChI is InChI=1S/C8H8F4N2O3S/c9-3-5(11)8(18(13,16)17)6(12)4(10)7(3)14-1-2-15/h14-15H,1-2H2,(H2,13,16,17). The van der Waals surface area contributed by atoms with Crippen molar-refractivity contribution in [3.8, 4) is 0 Å². The first-order valence-corrected chi connectivity index (χ1v) is 6.00. The monoisotopic (exact) mass is 288 g/mol. The topological polar surface area (TPSA) is 92.4 Å². The molecule has 0 bridgehead atoms. The largest absolute Gasteiger partial charge is 0.395 e. The van der Waals surface area contributed by atoms with Crippen molar-refractivity contribution in [1.29, 1.82) is 0 Å². The zero-order valence-electron chi connectivity index (χ0n) is 8.68. The summed E-state index contributed by atoms with van der Waals surface area (Å²) in [6.45, 7) is -0.944. The zero-order valence-corrected chi connectivity index (χ0v) is 9.49. The molecule has 5 nitrogen and oxygen atoms in total. The van der Waals surface area contributed by atoms with Crippen LogP contribution in [0.15, 0.2) is 4.90 Å². The van der Waals surface area contributed by atoms with E-state index in [9.17, 15) is 26.0 Å². The lowest BCUT2D eigenvalue weighted by molar-refractivity contribution is 0.310. The van der Waals surface area contributed by atoms with Crippen LogP contribution in [-0.4, -0.2) is 26.7 Å². The summed E-state index contributed by atoms with van der Waals surface area (Å²) >= 11 is 0. The molecule has 0 radical (unpaired) electrons. The van der Waals surface area contributed by atoms with E-state index in [0.29, 0.717) is 0 Å². The van der Waals surface area contributed by atoms with Gasteiger partial charge in [0.25, 0.3) is 0 Å². The Kier molecular flexibility index (Phi) is 4.14. The third-order valence-corrected chi connectivity index (χ3v) is 2.85. The predicted molar refractivity (Wildman–Crippen MR) is 53.2 cm³/mol. The summed E-state index contributed by atoms with van der Waals surface area (Å²) in [6, 6.07) is 0. The molecule has 1 aromatic rings. The molecule has 10 heteroatoms. The summed E-state index contributed by atoms with van der Waals surface area (Å²) < 4.78 is 74.8. The van der Waals surface area contributed by atoms with Crippen molar-refractivity contribution in [2.24, 2.45) is 5.14 Å². The Morgan fingerprint density at radius 1 is 1.06 bits per heavy atom. The molecule has 0 amide bonds. The Labute approximate surface area is 99.3 Å². The van der Waals surface area contributed by atoms with Crippen LogP contribution < -0.4 is 10.5 Å². The molecule has 18 heavy (non-hydrogen) atoms. The van der Waals surface area contributed by atoms with Gasteiger partial charge >= 0.3 is 0 Å². The summed E-state index contributed by atoms with van der Waals surface area (Å²) in [4.78, 5) is -1.88. The molecular weight excluding hydrogens is 280 g/mol. The van der Waals surface area contributed by atoms with Crippen LogP contribution in [0.25, 0.3) is 0 Å². The highest BCUT2D eigenvalue weighted by molar-refractivity contribution is 7.89. The quantitative estimate of drug-likeness (QED) is 0.548. The van der Waals surface area contributed by atoms with Gasteiger partial charge in [0, 0.05) is 6.54 Å². The Morgan fingerprint density at radius 3 is 1.83 bits per heavy atom.